The van der Waals surface area contributed by atoms with E-state index in [0.717, 1.165) is 0 Å². The zero-order valence-electron chi connectivity index (χ0n) is 9.06. The fraction of sp³-hybridized carbons (Fsp3) is 0. The molecule has 0 saturated heterocycles. The molecule has 18 heavy (non-hydrogen) atoms. The molecule has 0 aromatic heterocycles. The van der Waals surface area contributed by atoms with Gasteiger partial charge in [-0.3, -0.25) is 0 Å². The van der Waals surface area contributed by atoms with Crippen molar-refractivity contribution in [1.82, 2.24) is 0 Å². The Morgan fingerprint density at radius 2 is 1.72 bits per heavy atom. The quantitative estimate of drug-likeness (QED) is 0.903. The van der Waals surface area contributed by atoms with Crippen molar-refractivity contribution in [2.75, 3.05) is 0 Å². The van der Waals surface area contributed by atoms with Gasteiger partial charge in [-0.25, -0.2) is 4.79 Å². The first-order valence-corrected chi connectivity index (χ1v) is 5.78. The first-order chi connectivity index (χ1) is 8.56. The highest BCUT2D eigenvalue weighted by atomic mass is 35.5. The lowest BCUT2D eigenvalue weighted by Gasteiger charge is -2.08. The number of aromatic carboxylic acids is 1. The average molecular weight is 283 g/mol. The number of benzene rings is 2. The van der Waals surface area contributed by atoms with E-state index in [9.17, 15) is 4.79 Å². The lowest BCUT2D eigenvalue weighted by molar-refractivity contribution is 0.0697. The largest absolute Gasteiger partial charge is 0.478 e. The van der Waals surface area contributed by atoms with Crippen LogP contribution in [0.3, 0.4) is 0 Å². The number of carboxylic acids is 1. The predicted octanol–water partition coefficient (Wildman–Crippen LogP) is 4.48. The number of rotatable bonds is 3. The lowest BCUT2D eigenvalue weighted by atomic mass is 10.2. The van der Waals surface area contributed by atoms with Crippen molar-refractivity contribution in [2.24, 2.45) is 0 Å². The molecule has 0 saturated carbocycles. The third-order valence-electron chi connectivity index (χ3n) is 2.22. The zero-order chi connectivity index (χ0) is 13.1. The van der Waals surface area contributed by atoms with Crippen LogP contribution in [0.25, 0.3) is 0 Å². The standard InChI is InChI=1S/C13H8Cl2O3/c14-9-2-4-10(5-3-9)18-12-6-1-8(13(16)17)7-11(12)15/h1-7H,(H,16,17). The van der Waals surface area contributed by atoms with Gasteiger partial charge in [0, 0.05) is 5.02 Å². The molecule has 3 nitrogen and oxygen atoms in total. The molecule has 2 aromatic carbocycles. The van der Waals surface area contributed by atoms with Crippen LogP contribution in [0.15, 0.2) is 42.5 Å². The fourth-order valence-electron chi connectivity index (χ4n) is 1.35. The molecule has 0 bridgehead atoms. The minimum Gasteiger partial charge on any atom is -0.478 e. The molecule has 0 radical (unpaired) electrons. The Morgan fingerprint density at radius 1 is 1.06 bits per heavy atom. The second kappa shape index (κ2) is 5.29. The number of hydrogen-bond donors (Lipinski definition) is 1. The normalized spacial score (nSPS) is 10.1. The summed E-state index contributed by atoms with van der Waals surface area (Å²) in [6.07, 6.45) is 0. The molecular weight excluding hydrogens is 275 g/mol. The van der Waals surface area contributed by atoms with E-state index in [1.165, 1.54) is 18.2 Å². The molecule has 0 aliphatic heterocycles. The molecule has 92 valence electrons. The van der Waals surface area contributed by atoms with Crippen molar-refractivity contribution in [2.45, 2.75) is 0 Å². The summed E-state index contributed by atoms with van der Waals surface area (Å²) in [7, 11) is 0. The van der Waals surface area contributed by atoms with Crippen LogP contribution in [0.5, 0.6) is 11.5 Å². The van der Waals surface area contributed by atoms with Crippen molar-refractivity contribution in [3.8, 4) is 11.5 Å². The molecule has 1 N–H and O–H groups in total. The van der Waals surface area contributed by atoms with E-state index in [1.807, 2.05) is 0 Å². The monoisotopic (exact) mass is 282 g/mol. The van der Waals surface area contributed by atoms with Gasteiger partial charge in [0.05, 0.1) is 10.6 Å². The Hall–Kier alpha value is -1.71. The van der Waals surface area contributed by atoms with Gasteiger partial charge in [0.2, 0.25) is 0 Å². The highest BCUT2D eigenvalue weighted by molar-refractivity contribution is 6.32. The number of ether oxygens (including phenoxy) is 1. The number of halogens is 2. The number of carboxylic acid groups (broad SMARTS) is 1. The Bertz CT molecular complexity index is 579. The van der Waals surface area contributed by atoms with Gasteiger partial charge in [-0.2, -0.15) is 0 Å². The fourth-order valence-corrected chi connectivity index (χ4v) is 1.69. The zero-order valence-corrected chi connectivity index (χ0v) is 10.6. The Kier molecular flexibility index (Phi) is 3.75. The molecular formula is C13H8Cl2O3. The average Bonchev–Trinajstić information content (AvgIpc) is 2.34. The van der Waals surface area contributed by atoms with E-state index >= 15 is 0 Å². The molecule has 0 atom stereocenters. The third-order valence-corrected chi connectivity index (χ3v) is 2.77. The van der Waals surface area contributed by atoms with Gasteiger partial charge < -0.3 is 9.84 Å². The maximum absolute atomic E-state index is 10.7. The van der Waals surface area contributed by atoms with Crippen molar-refractivity contribution in [1.29, 1.82) is 0 Å². The molecule has 0 amide bonds. The Labute approximate surface area is 114 Å². The van der Waals surface area contributed by atoms with Crippen LogP contribution in [-0.4, -0.2) is 11.1 Å². The van der Waals surface area contributed by atoms with Gasteiger partial charge >= 0.3 is 5.97 Å². The van der Waals surface area contributed by atoms with Gasteiger partial charge in [0.25, 0.3) is 0 Å². The van der Waals surface area contributed by atoms with Crippen LogP contribution in [0.1, 0.15) is 10.4 Å². The van der Waals surface area contributed by atoms with E-state index < -0.39 is 5.97 Å². The van der Waals surface area contributed by atoms with E-state index in [2.05, 4.69) is 0 Å². The molecule has 0 heterocycles. The van der Waals surface area contributed by atoms with Gasteiger partial charge in [-0.05, 0) is 42.5 Å². The number of carbonyl (C=O) groups is 1. The molecule has 2 aromatic rings. The molecule has 0 fully saturated rings. The Balaban J connectivity index is 2.24. The maximum Gasteiger partial charge on any atom is 0.335 e. The van der Waals surface area contributed by atoms with Crippen LogP contribution >= 0.6 is 23.2 Å². The first kappa shape index (κ1) is 12.7. The summed E-state index contributed by atoms with van der Waals surface area (Å²) >= 11 is 11.7. The van der Waals surface area contributed by atoms with Crippen molar-refractivity contribution >= 4 is 29.2 Å². The highest BCUT2D eigenvalue weighted by Crippen LogP contribution is 2.30. The topological polar surface area (TPSA) is 46.5 Å². The lowest BCUT2D eigenvalue weighted by Crippen LogP contribution is -1.96. The van der Waals surface area contributed by atoms with Crippen molar-refractivity contribution in [3.63, 3.8) is 0 Å². The SMILES string of the molecule is O=C(O)c1ccc(Oc2ccc(Cl)cc2)c(Cl)c1. The minimum absolute atomic E-state index is 0.114. The van der Waals surface area contributed by atoms with E-state index in [1.54, 1.807) is 24.3 Å². The van der Waals surface area contributed by atoms with Gasteiger partial charge in [0.1, 0.15) is 11.5 Å². The van der Waals surface area contributed by atoms with E-state index in [4.69, 9.17) is 33.0 Å². The van der Waals surface area contributed by atoms with E-state index in [-0.39, 0.29) is 10.6 Å². The second-order valence-corrected chi connectivity index (χ2v) is 4.35. The van der Waals surface area contributed by atoms with Gasteiger partial charge in [-0.15, -0.1) is 0 Å². The summed E-state index contributed by atoms with van der Waals surface area (Å²) in [6.45, 7) is 0. The van der Waals surface area contributed by atoms with Crippen LogP contribution in [-0.2, 0) is 0 Å². The molecule has 2 rings (SSSR count). The van der Waals surface area contributed by atoms with Crippen LogP contribution in [0.4, 0.5) is 0 Å². The smallest absolute Gasteiger partial charge is 0.335 e. The number of hydrogen-bond acceptors (Lipinski definition) is 2. The predicted molar refractivity (Wildman–Crippen MR) is 69.9 cm³/mol. The van der Waals surface area contributed by atoms with Gasteiger partial charge in [0.15, 0.2) is 0 Å². The first-order valence-electron chi connectivity index (χ1n) is 5.02. The van der Waals surface area contributed by atoms with Crippen LogP contribution in [0.2, 0.25) is 10.0 Å². The molecule has 0 aliphatic rings. The summed E-state index contributed by atoms with van der Waals surface area (Å²) in [5.74, 6) is -0.0664. The highest BCUT2D eigenvalue weighted by Gasteiger charge is 2.08. The maximum atomic E-state index is 10.7. The molecule has 0 unspecified atom stereocenters. The molecule has 0 aliphatic carbocycles. The summed E-state index contributed by atoms with van der Waals surface area (Å²) in [6, 6.07) is 11.1. The van der Waals surface area contributed by atoms with Crippen LogP contribution < -0.4 is 4.74 Å². The minimum atomic E-state index is -1.03. The summed E-state index contributed by atoms with van der Waals surface area (Å²) < 4.78 is 5.52. The molecule has 0 spiro atoms. The van der Waals surface area contributed by atoms with Gasteiger partial charge in [-0.1, -0.05) is 23.2 Å². The molecule has 5 heteroatoms. The van der Waals surface area contributed by atoms with E-state index in [0.29, 0.717) is 16.5 Å². The van der Waals surface area contributed by atoms with Crippen molar-refractivity contribution < 1.29 is 14.6 Å². The summed E-state index contributed by atoms with van der Waals surface area (Å²) in [4.78, 5) is 10.7. The van der Waals surface area contributed by atoms with Crippen molar-refractivity contribution in [3.05, 3.63) is 58.1 Å². The third kappa shape index (κ3) is 2.94. The van der Waals surface area contributed by atoms with Crippen LogP contribution in [0, 0.1) is 0 Å². The summed E-state index contributed by atoms with van der Waals surface area (Å²) in [5.41, 5.74) is 0.114. The summed E-state index contributed by atoms with van der Waals surface area (Å²) in [5, 5.41) is 9.65. The second-order valence-electron chi connectivity index (χ2n) is 3.51. The Morgan fingerprint density at radius 3 is 2.28 bits per heavy atom.